The topological polar surface area (TPSA) is 23.6 Å². The van der Waals surface area contributed by atoms with Crippen molar-refractivity contribution in [3.63, 3.8) is 0 Å². The van der Waals surface area contributed by atoms with Gasteiger partial charge in [-0.15, -0.1) is 0 Å². The molecule has 0 N–H and O–H groups in total. The summed E-state index contributed by atoms with van der Waals surface area (Å²) in [6.07, 6.45) is -4.34. The van der Waals surface area contributed by atoms with Gasteiger partial charge in [-0.2, -0.15) is 13.2 Å². The summed E-state index contributed by atoms with van der Waals surface area (Å²) in [6.45, 7) is 6.61. The molecule has 0 atom stereocenters. The average molecular weight is 302 g/mol. The Balaban J connectivity index is 2.75. The van der Waals surface area contributed by atoms with Gasteiger partial charge < -0.3 is 9.80 Å². The van der Waals surface area contributed by atoms with E-state index in [1.54, 1.807) is 11.9 Å². The highest BCUT2D eigenvalue weighted by Crippen LogP contribution is 2.29. The van der Waals surface area contributed by atoms with Crippen LogP contribution >= 0.6 is 0 Å². The molecule has 6 heteroatoms. The van der Waals surface area contributed by atoms with Crippen LogP contribution in [0.5, 0.6) is 0 Å². The number of rotatable bonds is 4. The van der Waals surface area contributed by atoms with E-state index in [0.29, 0.717) is 12.1 Å². The number of carbonyl (C=O) groups is 1. The van der Waals surface area contributed by atoms with Crippen LogP contribution in [0.15, 0.2) is 24.3 Å². The van der Waals surface area contributed by atoms with Crippen molar-refractivity contribution in [2.24, 2.45) is 0 Å². The van der Waals surface area contributed by atoms with Crippen LogP contribution < -0.4 is 0 Å². The van der Waals surface area contributed by atoms with Crippen LogP contribution in [0.1, 0.15) is 31.9 Å². The first-order valence-electron chi connectivity index (χ1n) is 6.84. The maximum Gasteiger partial charge on any atom is 0.416 e. The summed E-state index contributed by atoms with van der Waals surface area (Å²) in [7, 11) is 1.64. The summed E-state index contributed by atoms with van der Waals surface area (Å²) in [6, 6.07) is 4.82. The molecule has 0 saturated carbocycles. The van der Waals surface area contributed by atoms with E-state index in [4.69, 9.17) is 0 Å². The zero-order valence-electron chi connectivity index (χ0n) is 12.7. The number of urea groups is 1. The van der Waals surface area contributed by atoms with Crippen molar-refractivity contribution in [3.05, 3.63) is 35.4 Å². The van der Waals surface area contributed by atoms with E-state index in [1.807, 2.05) is 20.8 Å². The lowest BCUT2D eigenvalue weighted by atomic mass is 10.1. The quantitative estimate of drug-likeness (QED) is 0.825. The molecule has 1 aromatic rings. The molecule has 1 rings (SSSR count). The van der Waals surface area contributed by atoms with Crippen LogP contribution in [0.3, 0.4) is 0 Å². The maximum atomic E-state index is 12.5. The Morgan fingerprint density at radius 2 is 1.71 bits per heavy atom. The fraction of sp³-hybridized carbons (Fsp3) is 0.533. The Morgan fingerprint density at radius 1 is 1.19 bits per heavy atom. The second-order valence-electron chi connectivity index (χ2n) is 5.21. The van der Waals surface area contributed by atoms with Crippen LogP contribution in [-0.2, 0) is 12.7 Å². The normalized spacial score (nSPS) is 11.6. The number of halogens is 3. The van der Waals surface area contributed by atoms with E-state index in [9.17, 15) is 18.0 Å². The SMILES string of the molecule is CCN(C(=O)N(C)Cc1ccc(C(F)(F)F)cc1)C(C)C. The number of benzene rings is 1. The van der Waals surface area contributed by atoms with Gasteiger partial charge in [0, 0.05) is 26.2 Å². The van der Waals surface area contributed by atoms with Gasteiger partial charge in [-0.05, 0) is 38.5 Å². The van der Waals surface area contributed by atoms with Gasteiger partial charge in [-0.25, -0.2) is 4.79 Å². The Morgan fingerprint density at radius 3 is 2.10 bits per heavy atom. The third kappa shape index (κ3) is 4.65. The van der Waals surface area contributed by atoms with Gasteiger partial charge in [0.25, 0.3) is 0 Å². The zero-order chi connectivity index (χ0) is 16.2. The molecule has 0 aromatic heterocycles. The number of amides is 2. The van der Waals surface area contributed by atoms with Gasteiger partial charge in [0.2, 0.25) is 0 Å². The lowest BCUT2D eigenvalue weighted by molar-refractivity contribution is -0.137. The summed E-state index contributed by atoms with van der Waals surface area (Å²) in [5.41, 5.74) is -0.0174. The summed E-state index contributed by atoms with van der Waals surface area (Å²) in [5.74, 6) is 0. The Hall–Kier alpha value is -1.72. The summed E-state index contributed by atoms with van der Waals surface area (Å²) >= 11 is 0. The van der Waals surface area contributed by atoms with E-state index >= 15 is 0 Å². The second-order valence-corrected chi connectivity index (χ2v) is 5.21. The number of hydrogen-bond donors (Lipinski definition) is 0. The van der Waals surface area contributed by atoms with E-state index in [0.717, 1.165) is 12.1 Å². The van der Waals surface area contributed by atoms with Gasteiger partial charge in [0.05, 0.1) is 5.56 Å². The van der Waals surface area contributed by atoms with Crippen LogP contribution in [0.2, 0.25) is 0 Å². The smallest absolute Gasteiger partial charge is 0.323 e. The van der Waals surface area contributed by atoms with Crippen molar-refractivity contribution in [2.45, 2.75) is 39.5 Å². The number of nitrogens with zero attached hydrogens (tertiary/aromatic N) is 2. The first kappa shape index (κ1) is 17.3. The van der Waals surface area contributed by atoms with Crippen molar-refractivity contribution in [1.82, 2.24) is 9.80 Å². The zero-order valence-corrected chi connectivity index (χ0v) is 12.7. The van der Waals surface area contributed by atoms with Crippen LogP contribution in [0.4, 0.5) is 18.0 Å². The molecule has 0 aliphatic rings. The molecule has 0 saturated heterocycles. The molecule has 0 aliphatic carbocycles. The van der Waals surface area contributed by atoms with Crippen LogP contribution in [0.25, 0.3) is 0 Å². The van der Waals surface area contributed by atoms with Crippen LogP contribution in [-0.4, -0.2) is 35.5 Å². The summed E-state index contributed by atoms with van der Waals surface area (Å²) in [5, 5.41) is 0. The molecule has 0 bridgehead atoms. The molecule has 0 fully saturated rings. The third-order valence-electron chi connectivity index (χ3n) is 3.24. The van der Waals surface area contributed by atoms with Gasteiger partial charge in [-0.3, -0.25) is 0 Å². The van der Waals surface area contributed by atoms with Gasteiger partial charge in [0.15, 0.2) is 0 Å². The number of hydrogen-bond acceptors (Lipinski definition) is 1. The summed E-state index contributed by atoms with van der Waals surface area (Å²) in [4.78, 5) is 15.4. The minimum atomic E-state index is -4.34. The van der Waals surface area contributed by atoms with Crippen molar-refractivity contribution >= 4 is 6.03 Å². The molecule has 118 valence electrons. The van der Waals surface area contributed by atoms with E-state index in [1.165, 1.54) is 17.0 Å². The van der Waals surface area contributed by atoms with E-state index in [-0.39, 0.29) is 18.6 Å². The van der Waals surface area contributed by atoms with E-state index < -0.39 is 11.7 Å². The molecule has 1 aromatic carbocycles. The molecule has 0 radical (unpaired) electrons. The van der Waals surface area contributed by atoms with Crippen molar-refractivity contribution in [2.75, 3.05) is 13.6 Å². The first-order chi connectivity index (χ1) is 9.66. The minimum Gasteiger partial charge on any atom is -0.323 e. The number of alkyl halides is 3. The largest absolute Gasteiger partial charge is 0.416 e. The fourth-order valence-electron chi connectivity index (χ4n) is 2.08. The Labute approximate surface area is 123 Å². The van der Waals surface area contributed by atoms with E-state index in [2.05, 4.69) is 0 Å². The van der Waals surface area contributed by atoms with Gasteiger partial charge in [-0.1, -0.05) is 12.1 Å². The minimum absolute atomic E-state index is 0.0811. The summed E-state index contributed by atoms with van der Waals surface area (Å²) < 4.78 is 37.4. The molecule has 0 unspecified atom stereocenters. The number of carbonyl (C=O) groups excluding carboxylic acids is 1. The molecular formula is C15H21F3N2O. The highest BCUT2D eigenvalue weighted by atomic mass is 19.4. The van der Waals surface area contributed by atoms with Gasteiger partial charge >= 0.3 is 12.2 Å². The van der Waals surface area contributed by atoms with Crippen molar-refractivity contribution in [3.8, 4) is 0 Å². The predicted molar refractivity (Wildman–Crippen MR) is 75.8 cm³/mol. The molecule has 21 heavy (non-hydrogen) atoms. The molecule has 2 amide bonds. The maximum absolute atomic E-state index is 12.5. The second kappa shape index (κ2) is 6.83. The predicted octanol–water partition coefficient (Wildman–Crippen LogP) is 3.99. The monoisotopic (exact) mass is 302 g/mol. The Kier molecular flexibility index (Phi) is 5.63. The molecule has 3 nitrogen and oxygen atoms in total. The molecule has 0 aliphatic heterocycles. The van der Waals surface area contributed by atoms with Crippen LogP contribution in [0, 0.1) is 0 Å². The molecular weight excluding hydrogens is 281 g/mol. The van der Waals surface area contributed by atoms with Gasteiger partial charge in [0.1, 0.15) is 0 Å². The molecule has 0 spiro atoms. The van der Waals surface area contributed by atoms with Crippen molar-refractivity contribution < 1.29 is 18.0 Å². The lowest BCUT2D eigenvalue weighted by Crippen LogP contribution is -2.44. The highest BCUT2D eigenvalue weighted by molar-refractivity contribution is 5.74. The lowest BCUT2D eigenvalue weighted by Gasteiger charge is -2.30. The fourth-order valence-corrected chi connectivity index (χ4v) is 2.08. The highest BCUT2D eigenvalue weighted by Gasteiger charge is 2.30. The Bertz CT molecular complexity index is 469. The van der Waals surface area contributed by atoms with Crippen molar-refractivity contribution in [1.29, 1.82) is 0 Å². The third-order valence-corrected chi connectivity index (χ3v) is 3.24. The molecule has 0 heterocycles. The first-order valence-corrected chi connectivity index (χ1v) is 6.84. The average Bonchev–Trinajstić information content (AvgIpc) is 2.38. The standard InChI is InChI=1S/C15H21F3N2O/c1-5-20(11(2)3)14(21)19(4)10-12-6-8-13(9-7-12)15(16,17)18/h6-9,11H,5,10H2,1-4H3.